The zero-order valence-electron chi connectivity index (χ0n) is 14.7. The summed E-state index contributed by atoms with van der Waals surface area (Å²) in [5.74, 6) is -0.322. The molecule has 2 aliphatic rings. The monoisotopic (exact) mass is 348 g/mol. The van der Waals surface area contributed by atoms with Gasteiger partial charge in [-0.2, -0.15) is 0 Å². The number of benzene rings is 1. The van der Waals surface area contributed by atoms with Crippen molar-refractivity contribution >= 4 is 11.9 Å². The van der Waals surface area contributed by atoms with Gasteiger partial charge in [0.05, 0.1) is 19.8 Å². The van der Waals surface area contributed by atoms with Crippen molar-refractivity contribution < 1.29 is 24.3 Å². The zero-order valence-corrected chi connectivity index (χ0v) is 14.7. The highest BCUT2D eigenvalue weighted by molar-refractivity contribution is 6.07. The first-order chi connectivity index (χ1) is 11.9. The van der Waals surface area contributed by atoms with Crippen LogP contribution >= 0.6 is 0 Å². The number of urea groups is 1. The molecular weight excluding hydrogens is 322 g/mol. The van der Waals surface area contributed by atoms with Crippen LogP contribution in [0.2, 0.25) is 0 Å². The Bertz CT molecular complexity index is 642. The molecule has 0 unspecified atom stereocenters. The molecule has 0 spiro atoms. The molecule has 2 atom stereocenters. The van der Waals surface area contributed by atoms with Crippen molar-refractivity contribution in [2.45, 2.75) is 25.5 Å². The van der Waals surface area contributed by atoms with Crippen LogP contribution in [0.15, 0.2) is 24.3 Å². The van der Waals surface area contributed by atoms with E-state index in [9.17, 15) is 14.7 Å². The quantitative estimate of drug-likeness (QED) is 0.599. The Morgan fingerprint density at radius 3 is 2.56 bits per heavy atom. The summed E-state index contributed by atoms with van der Waals surface area (Å²) in [5.41, 5.74) is 0.744. The first-order valence-corrected chi connectivity index (χ1v) is 8.71. The van der Waals surface area contributed by atoms with Crippen molar-refractivity contribution in [1.82, 2.24) is 10.2 Å². The number of aryl methyl sites for hydroxylation is 1. The lowest BCUT2D eigenvalue weighted by Gasteiger charge is -2.27. The SMILES string of the molecule is Cc1ccc([C@@]2(C)NC(=O)N(C[C@@H](O)C[NH+]3CCOCC3)C2=O)cc1. The molecule has 2 aliphatic heterocycles. The van der Waals surface area contributed by atoms with Crippen molar-refractivity contribution in [1.29, 1.82) is 0 Å². The maximum absolute atomic E-state index is 12.9. The second kappa shape index (κ2) is 7.11. The lowest BCUT2D eigenvalue weighted by molar-refractivity contribution is -0.910. The number of morpholine rings is 1. The first-order valence-electron chi connectivity index (χ1n) is 8.71. The Morgan fingerprint density at radius 2 is 1.92 bits per heavy atom. The van der Waals surface area contributed by atoms with Gasteiger partial charge in [0, 0.05) is 0 Å². The summed E-state index contributed by atoms with van der Waals surface area (Å²) in [5, 5.41) is 13.1. The van der Waals surface area contributed by atoms with Crippen LogP contribution in [0, 0.1) is 6.92 Å². The Hall–Kier alpha value is -1.96. The van der Waals surface area contributed by atoms with Gasteiger partial charge < -0.3 is 20.1 Å². The molecule has 0 radical (unpaired) electrons. The average Bonchev–Trinajstić information content (AvgIpc) is 2.80. The maximum atomic E-state index is 12.9. The fraction of sp³-hybridized carbons (Fsp3) is 0.556. The molecule has 2 saturated heterocycles. The Balaban J connectivity index is 1.67. The van der Waals surface area contributed by atoms with Gasteiger partial charge in [-0.3, -0.25) is 9.69 Å². The normalized spacial score (nSPS) is 26.0. The number of quaternary nitrogens is 1. The van der Waals surface area contributed by atoms with Crippen LogP contribution in [0.25, 0.3) is 0 Å². The van der Waals surface area contributed by atoms with Gasteiger partial charge in [0.2, 0.25) is 0 Å². The summed E-state index contributed by atoms with van der Waals surface area (Å²) in [6.07, 6.45) is -0.747. The molecule has 3 rings (SSSR count). The predicted molar refractivity (Wildman–Crippen MR) is 91.2 cm³/mol. The Labute approximate surface area is 147 Å². The van der Waals surface area contributed by atoms with Gasteiger partial charge in [-0.15, -0.1) is 0 Å². The van der Waals surface area contributed by atoms with E-state index in [1.165, 1.54) is 4.90 Å². The van der Waals surface area contributed by atoms with Crippen LogP contribution in [0.4, 0.5) is 4.79 Å². The van der Waals surface area contributed by atoms with Gasteiger partial charge in [0.25, 0.3) is 5.91 Å². The van der Waals surface area contributed by atoms with Crippen molar-refractivity contribution in [3.63, 3.8) is 0 Å². The number of hydrogen-bond acceptors (Lipinski definition) is 4. The molecule has 3 amide bonds. The summed E-state index contributed by atoms with van der Waals surface area (Å²) in [4.78, 5) is 27.5. The fourth-order valence-corrected chi connectivity index (χ4v) is 3.42. The molecule has 0 aromatic heterocycles. The van der Waals surface area contributed by atoms with Gasteiger partial charge in [0.1, 0.15) is 31.3 Å². The summed E-state index contributed by atoms with van der Waals surface area (Å²) >= 11 is 0. The molecule has 0 saturated carbocycles. The molecule has 25 heavy (non-hydrogen) atoms. The number of β-amino-alcohol motifs (C(OH)–C–C–N with tert-alkyl or cyclic N) is 1. The molecule has 0 bridgehead atoms. The van der Waals surface area contributed by atoms with Crippen molar-refractivity contribution in [3.05, 3.63) is 35.4 Å². The van der Waals surface area contributed by atoms with Crippen molar-refractivity contribution in [2.75, 3.05) is 39.4 Å². The third-order valence-corrected chi connectivity index (χ3v) is 5.02. The molecule has 7 heteroatoms. The number of rotatable bonds is 5. The van der Waals surface area contributed by atoms with Gasteiger partial charge in [-0.1, -0.05) is 29.8 Å². The lowest BCUT2D eigenvalue weighted by atomic mass is 9.91. The van der Waals surface area contributed by atoms with E-state index < -0.39 is 17.7 Å². The smallest absolute Gasteiger partial charge is 0.325 e. The number of aliphatic hydroxyl groups is 1. The number of hydrogen-bond donors (Lipinski definition) is 3. The third-order valence-electron chi connectivity index (χ3n) is 5.02. The van der Waals surface area contributed by atoms with E-state index in [2.05, 4.69) is 5.32 Å². The first kappa shape index (κ1) is 17.8. The van der Waals surface area contributed by atoms with Crippen molar-refractivity contribution in [3.8, 4) is 0 Å². The second-order valence-electron chi connectivity index (χ2n) is 7.06. The number of imide groups is 1. The molecule has 1 aromatic carbocycles. The molecule has 7 nitrogen and oxygen atoms in total. The van der Waals surface area contributed by atoms with Crippen LogP contribution in [-0.4, -0.2) is 67.4 Å². The number of aliphatic hydroxyl groups excluding tert-OH is 1. The standard InChI is InChI=1S/C18H25N3O4/c1-13-3-5-14(6-4-13)18(2)16(23)21(17(24)19-18)12-15(22)11-20-7-9-25-10-8-20/h3-6,15,22H,7-12H2,1-2H3,(H,19,24)/p+1/t15-,18+/m0/s1. The summed E-state index contributed by atoms with van der Waals surface area (Å²) in [7, 11) is 0. The van der Waals surface area contributed by atoms with Crippen molar-refractivity contribution in [2.24, 2.45) is 0 Å². The van der Waals surface area contributed by atoms with Crippen LogP contribution in [0.5, 0.6) is 0 Å². The van der Waals surface area contributed by atoms with E-state index in [-0.39, 0.29) is 12.5 Å². The lowest BCUT2D eigenvalue weighted by Crippen LogP contribution is -3.15. The van der Waals surface area contributed by atoms with E-state index in [0.29, 0.717) is 19.8 Å². The minimum atomic E-state index is -1.09. The minimum absolute atomic E-state index is 0.0104. The van der Waals surface area contributed by atoms with Gasteiger partial charge in [0.15, 0.2) is 0 Å². The maximum Gasteiger partial charge on any atom is 0.325 e. The number of amides is 3. The Kier molecular flexibility index (Phi) is 5.08. The Morgan fingerprint density at radius 1 is 1.28 bits per heavy atom. The van der Waals surface area contributed by atoms with Crippen LogP contribution in [0.3, 0.4) is 0 Å². The van der Waals surface area contributed by atoms with Crippen LogP contribution in [0.1, 0.15) is 18.1 Å². The molecule has 2 heterocycles. The largest absolute Gasteiger partial charge is 0.385 e. The summed E-state index contributed by atoms with van der Waals surface area (Å²) < 4.78 is 5.30. The van der Waals surface area contributed by atoms with Crippen LogP contribution < -0.4 is 10.2 Å². The number of carbonyl (C=O) groups excluding carboxylic acids is 2. The number of nitrogens with zero attached hydrogens (tertiary/aromatic N) is 1. The highest BCUT2D eigenvalue weighted by atomic mass is 16.5. The number of carbonyl (C=O) groups is 2. The summed E-state index contributed by atoms with van der Waals surface area (Å²) in [6.45, 7) is 7.21. The third kappa shape index (κ3) is 3.68. The van der Waals surface area contributed by atoms with E-state index >= 15 is 0 Å². The molecule has 2 fully saturated rings. The average molecular weight is 348 g/mol. The fourth-order valence-electron chi connectivity index (χ4n) is 3.42. The summed E-state index contributed by atoms with van der Waals surface area (Å²) in [6, 6.07) is 7.08. The number of ether oxygens (including phenoxy) is 1. The predicted octanol–water partition coefficient (Wildman–Crippen LogP) is -0.962. The zero-order chi connectivity index (χ0) is 18.0. The highest BCUT2D eigenvalue weighted by Gasteiger charge is 2.49. The molecule has 1 aromatic rings. The molecule has 136 valence electrons. The molecule has 0 aliphatic carbocycles. The minimum Gasteiger partial charge on any atom is -0.385 e. The van der Waals surface area contributed by atoms with E-state index in [1.807, 2.05) is 31.2 Å². The number of nitrogens with one attached hydrogen (secondary N) is 2. The topological polar surface area (TPSA) is 83.3 Å². The highest BCUT2D eigenvalue weighted by Crippen LogP contribution is 2.29. The van der Waals surface area contributed by atoms with Gasteiger partial charge in [-0.25, -0.2) is 4.79 Å². The van der Waals surface area contributed by atoms with E-state index in [1.54, 1.807) is 6.92 Å². The van der Waals surface area contributed by atoms with Gasteiger partial charge >= 0.3 is 6.03 Å². The van der Waals surface area contributed by atoms with E-state index in [4.69, 9.17) is 4.74 Å². The molecular formula is C18H26N3O4+. The second-order valence-corrected chi connectivity index (χ2v) is 7.06. The molecule has 3 N–H and O–H groups in total. The van der Waals surface area contributed by atoms with E-state index in [0.717, 1.165) is 29.1 Å². The van der Waals surface area contributed by atoms with Gasteiger partial charge in [-0.05, 0) is 19.4 Å². The van der Waals surface area contributed by atoms with Crippen LogP contribution in [-0.2, 0) is 15.1 Å².